The molecule has 0 unspecified atom stereocenters. The summed E-state index contributed by atoms with van der Waals surface area (Å²) in [4.78, 5) is 2.30. The summed E-state index contributed by atoms with van der Waals surface area (Å²) in [5.41, 5.74) is 5.97. The van der Waals surface area contributed by atoms with Gasteiger partial charge in [-0.3, -0.25) is 0 Å². The highest BCUT2D eigenvalue weighted by atomic mass is 35.5. The molecule has 1 aliphatic carbocycles. The zero-order valence-corrected chi connectivity index (χ0v) is 11.0. The topological polar surface area (TPSA) is 55.0 Å². The Kier molecular flexibility index (Phi) is 3.76. The van der Waals surface area contributed by atoms with Gasteiger partial charge in [0.15, 0.2) is 11.0 Å². The molecule has 1 aromatic rings. The molecule has 2 N–H and O–H groups in total. The molecule has 1 saturated heterocycles. The van der Waals surface area contributed by atoms with E-state index in [1.165, 1.54) is 0 Å². The Morgan fingerprint density at radius 3 is 2.35 bits per heavy atom. The molecule has 0 radical (unpaired) electrons. The lowest BCUT2D eigenvalue weighted by molar-refractivity contribution is 0.494. The van der Waals surface area contributed by atoms with E-state index in [1.54, 1.807) is 6.07 Å². The second-order valence-electron chi connectivity index (χ2n) is 4.87. The minimum absolute atomic E-state index is 0. The van der Waals surface area contributed by atoms with Gasteiger partial charge >= 0.3 is 0 Å². The highest BCUT2D eigenvalue weighted by molar-refractivity contribution is 6.29. The van der Waals surface area contributed by atoms with Crippen LogP contribution in [0.4, 0.5) is 5.82 Å². The van der Waals surface area contributed by atoms with E-state index in [2.05, 4.69) is 15.1 Å². The molecule has 94 valence electrons. The molecule has 0 aromatic carbocycles. The first kappa shape index (κ1) is 12.9. The van der Waals surface area contributed by atoms with Gasteiger partial charge in [-0.15, -0.1) is 22.6 Å². The van der Waals surface area contributed by atoms with Crippen LogP contribution in [0.5, 0.6) is 0 Å². The molecule has 2 fully saturated rings. The largest absolute Gasteiger partial charge is 0.355 e. The molecule has 1 saturated carbocycles. The first-order valence-corrected chi connectivity index (χ1v) is 6.10. The number of hydrogen-bond donors (Lipinski definition) is 1. The van der Waals surface area contributed by atoms with E-state index in [-0.39, 0.29) is 12.4 Å². The first-order chi connectivity index (χ1) is 7.72. The second kappa shape index (κ2) is 4.96. The third-order valence-electron chi connectivity index (χ3n) is 3.73. The fourth-order valence-electron chi connectivity index (χ4n) is 3.01. The van der Waals surface area contributed by atoms with Crippen LogP contribution in [0.2, 0.25) is 5.15 Å². The summed E-state index contributed by atoms with van der Waals surface area (Å²) < 4.78 is 0. The van der Waals surface area contributed by atoms with Crippen LogP contribution >= 0.6 is 24.0 Å². The third kappa shape index (κ3) is 2.49. The molecule has 17 heavy (non-hydrogen) atoms. The Balaban J connectivity index is 0.00000108. The summed E-state index contributed by atoms with van der Waals surface area (Å²) in [6.45, 7) is 2.13. The third-order valence-corrected chi connectivity index (χ3v) is 3.93. The van der Waals surface area contributed by atoms with Crippen molar-refractivity contribution in [1.29, 1.82) is 0 Å². The molecular weight excluding hydrogens is 259 g/mol. The van der Waals surface area contributed by atoms with Gasteiger partial charge in [0.05, 0.1) is 0 Å². The normalized spacial score (nSPS) is 28.0. The van der Waals surface area contributed by atoms with E-state index in [0.29, 0.717) is 11.2 Å². The van der Waals surface area contributed by atoms with Crippen molar-refractivity contribution >= 4 is 29.8 Å². The number of aromatic nitrogens is 2. The summed E-state index contributed by atoms with van der Waals surface area (Å²) >= 11 is 5.72. The number of rotatable bonds is 1. The van der Waals surface area contributed by atoms with Gasteiger partial charge in [-0.05, 0) is 36.8 Å². The fraction of sp³-hybridized carbons (Fsp3) is 0.636. The van der Waals surface area contributed by atoms with E-state index >= 15 is 0 Å². The van der Waals surface area contributed by atoms with Crippen LogP contribution in [0.25, 0.3) is 0 Å². The average Bonchev–Trinajstić information content (AvgIpc) is 2.75. The Labute approximate surface area is 112 Å². The first-order valence-electron chi connectivity index (χ1n) is 5.72. The van der Waals surface area contributed by atoms with Gasteiger partial charge in [-0.25, -0.2) is 0 Å². The van der Waals surface area contributed by atoms with Crippen LogP contribution in [0, 0.1) is 11.8 Å². The number of nitrogens with zero attached hydrogens (tertiary/aromatic N) is 3. The molecule has 2 atom stereocenters. The zero-order valence-electron chi connectivity index (χ0n) is 9.42. The minimum Gasteiger partial charge on any atom is -0.355 e. The number of nitrogens with two attached hydrogens (primary N) is 1. The molecule has 3 rings (SSSR count). The summed E-state index contributed by atoms with van der Waals surface area (Å²) in [5.74, 6) is 2.42. The number of halogens is 2. The quantitative estimate of drug-likeness (QED) is 0.848. The molecule has 0 bridgehead atoms. The van der Waals surface area contributed by atoms with Crippen molar-refractivity contribution in [3.8, 4) is 0 Å². The fourth-order valence-corrected chi connectivity index (χ4v) is 3.11. The van der Waals surface area contributed by atoms with Crippen molar-refractivity contribution in [2.24, 2.45) is 17.6 Å². The lowest BCUT2D eigenvalue weighted by Gasteiger charge is -2.18. The molecule has 4 nitrogen and oxygen atoms in total. The van der Waals surface area contributed by atoms with Gasteiger partial charge in [0, 0.05) is 19.1 Å². The zero-order chi connectivity index (χ0) is 11.1. The van der Waals surface area contributed by atoms with E-state index < -0.39 is 0 Å². The number of hydrogen-bond acceptors (Lipinski definition) is 4. The molecule has 1 aromatic heterocycles. The van der Waals surface area contributed by atoms with Crippen molar-refractivity contribution in [1.82, 2.24) is 10.2 Å². The van der Waals surface area contributed by atoms with Crippen LogP contribution in [0.1, 0.15) is 12.8 Å². The van der Waals surface area contributed by atoms with Crippen LogP contribution in [0.3, 0.4) is 0 Å². The average molecular weight is 275 g/mol. The number of anilines is 1. The van der Waals surface area contributed by atoms with Gasteiger partial charge in [-0.2, -0.15) is 0 Å². The maximum absolute atomic E-state index is 5.97. The van der Waals surface area contributed by atoms with Crippen molar-refractivity contribution in [3.05, 3.63) is 17.3 Å². The molecular formula is C11H16Cl2N4. The summed E-state index contributed by atoms with van der Waals surface area (Å²) in [7, 11) is 0. The molecule has 6 heteroatoms. The van der Waals surface area contributed by atoms with E-state index in [9.17, 15) is 0 Å². The Hall–Kier alpha value is -0.580. The van der Waals surface area contributed by atoms with Crippen molar-refractivity contribution in [2.45, 2.75) is 18.9 Å². The van der Waals surface area contributed by atoms with E-state index in [0.717, 1.165) is 43.6 Å². The Bertz CT molecular complexity index is 370. The van der Waals surface area contributed by atoms with Crippen molar-refractivity contribution in [3.63, 3.8) is 0 Å². The second-order valence-corrected chi connectivity index (χ2v) is 5.26. The van der Waals surface area contributed by atoms with Crippen LogP contribution in [0.15, 0.2) is 12.1 Å². The standard InChI is InChI=1S/C11H15ClN4.ClH/c12-10-1-2-11(15-14-10)16-5-7-3-9(13)4-8(7)6-16;/h1-2,7-9H,3-6,13H2;1H/t7-,8-;/m1./s1. The van der Waals surface area contributed by atoms with E-state index in [4.69, 9.17) is 17.3 Å². The van der Waals surface area contributed by atoms with Gasteiger partial charge in [-0.1, -0.05) is 11.6 Å². The van der Waals surface area contributed by atoms with Gasteiger partial charge in [0.25, 0.3) is 0 Å². The molecule has 0 amide bonds. The van der Waals surface area contributed by atoms with Crippen LogP contribution < -0.4 is 10.6 Å². The highest BCUT2D eigenvalue weighted by Gasteiger charge is 2.39. The van der Waals surface area contributed by atoms with Crippen molar-refractivity contribution in [2.75, 3.05) is 18.0 Å². The highest BCUT2D eigenvalue weighted by Crippen LogP contribution is 2.38. The summed E-state index contributed by atoms with van der Waals surface area (Å²) in [6, 6.07) is 4.15. The Morgan fingerprint density at radius 1 is 1.18 bits per heavy atom. The predicted molar refractivity (Wildman–Crippen MR) is 70.7 cm³/mol. The minimum atomic E-state index is 0. The molecule has 2 aliphatic rings. The van der Waals surface area contributed by atoms with E-state index in [1.807, 2.05) is 6.07 Å². The predicted octanol–water partition coefficient (Wildman–Crippen LogP) is 1.73. The van der Waals surface area contributed by atoms with Gasteiger partial charge in [0.1, 0.15) is 0 Å². The van der Waals surface area contributed by atoms with Crippen molar-refractivity contribution < 1.29 is 0 Å². The lowest BCUT2D eigenvalue weighted by atomic mass is 10.0. The van der Waals surface area contributed by atoms with Gasteiger partial charge in [0.2, 0.25) is 0 Å². The summed E-state index contributed by atoms with van der Waals surface area (Å²) in [5, 5.41) is 8.45. The lowest BCUT2D eigenvalue weighted by Crippen LogP contribution is -2.25. The SMILES string of the molecule is Cl.NC1C[C@@H]2CN(c3ccc(Cl)nn3)C[C@H]2C1. The summed E-state index contributed by atoms with van der Waals surface area (Å²) in [6.07, 6.45) is 2.31. The monoisotopic (exact) mass is 274 g/mol. The van der Waals surface area contributed by atoms with Crippen LogP contribution in [-0.4, -0.2) is 29.3 Å². The maximum Gasteiger partial charge on any atom is 0.151 e. The molecule has 1 aliphatic heterocycles. The van der Waals surface area contributed by atoms with Crippen LogP contribution in [-0.2, 0) is 0 Å². The smallest absolute Gasteiger partial charge is 0.151 e. The number of fused-ring (bicyclic) bond motifs is 1. The van der Waals surface area contributed by atoms with Gasteiger partial charge < -0.3 is 10.6 Å². The molecule has 2 heterocycles. The molecule has 0 spiro atoms. The Morgan fingerprint density at radius 2 is 1.82 bits per heavy atom. The maximum atomic E-state index is 5.97.